The number of fused-ring (bicyclic) bond motifs is 2. The number of alkyl halides is 3. The summed E-state index contributed by atoms with van der Waals surface area (Å²) >= 11 is 0. The van der Waals surface area contributed by atoms with Gasteiger partial charge in [-0.05, 0) is 52.5 Å². The first-order valence-corrected chi connectivity index (χ1v) is 17.5. The highest BCUT2D eigenvalue weighted by Gasteiger charge is 2.62. The molecule has 0 radical (unpaired) electrons. The summed E-state index contributed by atoms with van der Waals surface area (Å²) in [6.45, 7) is 5.77. The van der Waals surface area contributed by atoms with E-state index < -0.39 is 84.4 Å². The monoisotopic (exact) mass is 709 g/mol. The van der Waals surface area contributed by atoms with E-state index in [9.17, 15) is 37.5 Å². The Balaban J connectivity index is 1.43. The van der Waals surface area contributed by atoms with E-state index in [1.54, 1.807) is 26.8 Å². The highest BCUT2D eigenvalue weighted by Crippen LogP contribution is 2.42. The average molecular weight is 710 g/mol. The fourth-order valence-electron chi connectivity index (χ4n) is 7.52. The molecule has 1 aliphatic carbocycles. The molecule has 2 saturated heterocycles. The minimum absolute atomic E-state index is 0.228. The van der Waals surface area contributed by atoms with Crippen molar-refractivity contribution < 1.29 is 46.9 Å². The molecular weight excluding hydrogens is 659 g/mol. The number of rotatable bonds is 7. The van der Waals surface area contributed by atoms with Gasteiger partial charge < -0.3 is 30.1 Å². The first kappa shape index (κ1) is 37.7. The van der Waals surface area contributed by atoms with Gasteiger partial charge in [0.05, 0.1) is 12.6 Å². The highest BCUT2D eigenvalue weighted by molar-refractivity contribution is 5.94. The van der Waals surface area contributed by atoms with Gasteiger partial charge in [-0.15, -0.1) is 0 Å². The molecule has 0 spiro atoms. The summed E-state index contributed by atoms with van der Waals surface area (Å²) in [6, 6.07) is 2.61. The highest BCUT2D eigenvalue weighted by atomic mass is 19.4. The first-order valence-electron chi connectivity index (χ1n) is 17.5. The number of likely N-dealkylation sites (N-methyl/N-ethyl adjacent to an activating group) is 1. The lowest BCUT2D eigenvalue weighted by atomic mass is 9.82. The van der Waals surface area contributed by atoms with Gasteiger partial charge in [-0.2, -0.15) is 13.2 Å². The Kier molecular flexibility index (Phi) is 11.0. The van der Waals surface area contributed by atoms with Crippen LogP contribution >= 0.6 is 0 Å². The third-order valence-corrected chi connectivity index (χ3v) is 10.5. The summed E-state index contributed by atoms with van der Waals surface area (Å²) in [5, 5.41) is 16.5. The summed E-state index contributed by atoms with van der Waals surface area (Å²) in [5.41, 5.74) is -3.04. The number of aliphatic hydroxyl groups is 1. The zero-order valence-corrected chi connectivity index (χ0v) is 29.4. The number of para-hydroxylation sites is 1. The SMILES string of the molecule is C[C@@H](C(=O)N[C@H](C(=O)N1C[C@H]2C[C@](O)(C(F)(F)F)CN2C[C@H]1C(=O)N[C@@H]1CCOc2ccccc21)C1CCCCC1)N(C)C(=O)OC(C)(C)C. The van der Waals surface area contributed by atoms with Gasteiger partial charge in [0.1, 0.15) is 29.5 Å². The van der Waals surface area contributed by atoms with Crippen LogP contribution in [0.1, 0.15) is 84.2 Å². The van der Waals surface area contributed by atoms with E-state index in [0.29, 0.717) is 31.6 Å². The number of benzene rings is 1. The minimum Gasteiger partial charge on any atom is -0.493 e. The molecule has 4 aliphatic rings. The van der Waals surface area contributed by atoms with Gasteiger partial charge >= 0.3 is 12.3 Å². The van der Waals surface area contributed by atoms with Gasteiger partial charge in [0.15, 0.2) is 5.60 Å². The number of amides is 4. The zero-order chi connectivity index (χ0) is 36.6. The van der Waals surface area contributed by atoms with Crippen molar-refractivity contribution in [3.05, 3.63) is 29.8 Å². The summed E-state index contributed by atoms with van der Waals surface area (Å²) in [7, 11) is 1.42. The number of ether oxygens (including phenoxy) is 2. The molecule has 15 heteroatoms. The van der Waals surface area contributed by atoms with Crippen LogP contribution in [0.4, 0.5) is 18.0 Å². The van der Waals surface area contributed by atoms with E-state index in [1.807, 2.05) is 18.2 Å². The lowest BCUT2D eigenvalue weighted by molar-refractivity contribution is -0.254. The maximum absolute atomic E-state index is 14.7. The third kappa shape index (κ3) is 8.14. The van der Waals surface area contributed by atoms with Crippen molar-refractivity contribution in [1.82, 2.24) is 25.3 Å². The average Bonchev–Trinajstić information content (AvgIpc) is 3.42. The Bertz CT molecular complexity index is 1430. The Hall–Kier alpha value is -3.59. The van der Waals surface area contributed by atoms with Crippen LogP contribution in [-0.2, 0) is 19.1 Å². The molecule has 12 nitrogen and oxygen atoms in total. The van der Waals surface area contributed by atoms with Crippen LogP contribution in [0.2, 0.25) is 0 Å². The number of nitrogens with zero attached hydrogens (tertiary/aromatic N) is 3. The maximum atomic E-state index is 14.7. The molecule has 0 bridgehead atoms. The van der Waals surface area contributed by atoms with E-state index in [-0.39, 0.29) is 19.0 Å². The minimum atomic E-state index is -4.91. The summed E-state index contributed by atoms with van der Waals surface area (Å²) in [4.78, 5) is 59.1. The van der Waals surface area contributed by atoms with E-state index in [1.165, 1.54) is 23.8 Å². The summed E-state index contributed by atoms with van der Waals surface area (Å²) < 4.78 is 53.2. The van der Waals surface area contributed by atoms with Crippen molar-refractivity contribution in [3.8, 4) is 5.75 Å². The second-order valence-corrected chi connectivity index (χ2v) is 15.2. The number of carbonyl (C=O) groups excluding carboxylic acids is 4. The summed E-state index contributed by atoms with van der Waals surface area (Å²) in [5.74, 6) is -1.41. The van der Waals surface area contributed by atoms with Gasteiger partial charge in [0.25, 0.3) is 0 Å². The van der Waals surface area contributed by atoms with E-state index >= 15 is 0 Å². The molecule has 50 heavy (non-hydrogen) atoms. The predicted octanol–water partition coefficient (Wildman–Crippen LogP) is 3.53. The molecule has 3 N–H and O–H groups in total. The molecule has 5 rings (SSSR count). The fraction of sp³-hybridized carbons (Fsp3) is 0.714. The van der Waals surface area contributed by atoms with E-state index in [4.69, 9.17) is 9.47 Å². The lowest BCUT2D eigenvalue weighted by Crippen LogP contribution is -2.66. The maximum Gasteiger partial charge on any atom is 0.418 e. The first-order chi connectivity index (χ1) is 23.4. The topological polar surface area (TPSA) is 141 Å². The fourth-order valence-corrected chi connectivity index (χ4v) is 7.52. The van der Waals surface area contributed by atoms with Crippen LogP contribution < -0.4 is 15.4 Å². The van der Waals surface area contributed by atoms with Crippen molar-refractivity contribution in [2.24, 2.45) is 5.92 Å². The molecule has 3 aliphatic heterocycles. The number of piperazine rings is 1. The number of carbonyl (C=O) groups is 4. The van der Waals surface area contributed by atoms with Crippen LogP contribution in [0.3, 0.4) is 0 Å². The molecule has 1 aromatic carbocycles. The van der Waals surface area contributed by atoms with E-state index in [0.717, 1.165) is 29.7 Å². The van der Waals surface area contributed by atoms with Crippen molar-refractivity contribution in [3.63, 3.8) is 0 Å². The standard InChI is InChI=1S/C35H50F3N5O7/c1-21(41(5)32(47)50-33(2,3)4)29(44)40-28(22-11-7-6-8-12-22)31(46)43-18-23-17-34(48,35(36,37)38)20-42(23)19-26(43)30(45)39-25-15-16-49-27-14-10-9-13-24(25)27/h9-10,13-14,21-23,25-26,28,48H,6-8,11-12,15-20H2,1-5H3,(H,39,45)(H,40,44)/t21-,23+,25+,26-,28-,34+/m0/s1. The molecule has 3 heterocycles. The molecule has 0 unspecified atom stereocenters. The Morgan fingerprint density at radius 3 is 2.40 bits per heavy atom. The largest absolute Gasteiger partial charge is 0.493 e. The second-order valence-electron chi connectivity index (χ2n) is 15.2. The Morgan fingerprint density at radius 1 is 1.06 bits per heavy atom. The second kappa shape index (κ2) is 14.6. The third-order valence-electron chi connectivity index (χ3n) is 10.5. The van der Waals surface area contributed by atoms with Gasteiger partial charge in [0.2, 0.25) is 17.7 Å². The molecule has 4 amide bonds. The van der Waals surface area contributed by atoms with Crippen LogP contribution in [0.25, 0.3) is 0 Å². The number of halogens is 3. The van der Waals surface area contributed by atoms with Gasteiger partial charge in [-0.25, -0.2) is 4.79 Å². The predicted molar refractivity (Wildman–Crippen MR) is 176 cm³/mol. The molecule has 1 saturated carbocycles. The lowest BCUT2D eigenvalue weighted by Gasteiger charge is -2.45. The van der Waals surface area contributed by atoms with Crippen LogP contribution in [-0.4, -0.2) is 118 Å². The van der Waals surface area contributed by atoms with Gasteiger partial charge in [-0.3, -0.25) is 24.2 Å². The summed E-state index contributed by atoms with van der Waals surface area (Å²) in [6.07, 6.45) is -1.98. The van der Waals surface area contributed by atoms with Crippen molar-refractivity contribution >= 4 is 23.8 Å². The van der Waals surface area contributed by atoms with E-state index in [2.05, 4.69) is 10.6 Å². The Labute approximate surface area is 291 Å². The molecule has 278 valence electrons. The van der Waals surface area contributed by atoms with Crippen molar-refractivity contribution in [1.29, 1.82) is 0 Å². The normalized spacial score (nSPS) is 27.2. The molecular formula is C35H50F3N5O7. The number of nitrogens with one attached hydrogen (secondary N) is 2. The zero-order valence-electron chi connectivity index (χ0n) is 29.4. The van der Waals surface area contributed by atoms with Crippen LogP contribution in [0.15, 0.2) is 24.3 Å². The quantitative estimate of drug-likeness (QED) is 0.391. The van der Waals surface area contributed by atoms with Crippen LogP contribution in [0, 0.1) is 5.92 Å². The molecule has 3 fully saturated rings. The van der Waals surface area contributed by atoms with Crippen molar-refractivity contribution in [2.45, 2.75) is 120 Å². The molecule has 0 aromatic heterocycles. The van der Waals surface area contributed by atoms with Crippen LogP contribution in [0.5, 0.6) is 5.75 Å². The Morgan fingerprint density at radius 2 is 1.74 bits per heavy atom. The molecule has 1 aromatic rings. The molecule has 6 atom stereocenters. The van der Waals surface area contributed by atoms with Crippen molar-refractivity contribution in [2.75, 3.05) is 33.3 Å². The number of hydrogen-bond acceptors (Lipinski definition) is 8. The smallest absolute Gasteiger partial charge is 0.418 e. The number of hydrogen-bond donors (Lipinski definition) is 3. The van der Waals surface area contributed by atoms with Gasteiger partial charge in [-0.1, -0.05) is 37.5 Å². The van der Waals surface area contributed by atoms with Gasteiger partial charge in [0, 0.05) is 51.1 Å².